The number of nitrogens with one attached hydrogen (secondary N) is 2. The van der Waals surface area contributed by atoms with Crippen LogP contribution in [0.3, 0.4) is 0 Å². The van der Waals surface area contributed by atoms with Gasteiger partial charge in [0.05, 0.1) is 17.6 Å². The van der Waals surface area contributed by atoms with Gasteiger partial charge in [-0.2, -0.15) is 4.31 Å². The lowest BCUT2D eigenvalue weighted by molar-refractivity contribution is -0.122. The zero-order valence-electron chi connectivity index (χ0n) is 18.3. The maximum Gasteiger partial charge on any atom is 0.248 e. The Kier molecular flexibility index (Phi) is 7.18. The Labute approximate surface area is 201 Å². The van der Waals surface area contributed by atoms with E-state index in [4.69, 9.17) is 4.74 Å². The van der Waals surface area contributed by atoms with Crippen molar-refractivity contribution in [1.82, 2.24) is 14.6 Å². The summed E-state index contributed by atoms with van der Waals surface area (Å²) in [5.74, 6) is -1.11. The second kappa shape index (κ2) is 10.5. The van der Waals surface area contributed by atoms with Crippen LogP contribution in [0.5, 0.6) is 11.5 Å². The highest BCUT2D eigenvalue weighted by Crippen LogP contribution is 2.25. The smallest absolute Gasteiger partial charge is 0.248 e. The molecule has 1 aliphatic rings. The summed E-state index contributed by atoms with van der Waals surface area (Å²) in [4.78, 5) is 27.8. The molecular weight excluding hydrogens is 475 g/mol. The van der Waals surface area contributed by atoms with E-state index in [-0.39, 0.29) is 41.9 Å². The van der Waals surface area contributed by atoms with Crippen molar-refractivity contribution in [2.24, 2.45) is 0 Å². The van der Waals surface area contributed by atoms with Crippen LogP contribution in [-0.4, -0.2) is 49.2 Å². The molecule has 0 radical (unpaired) electrons. The number of ether oxygens (including phenoxy) is 1. The molecule has 3 aromatic rings. The van der Waals surface area contributed by atoms with Crippen LogP contribution in [0.4, 0.5) is 10.1 Å². The van der Waals surface area contributed by atoms with Crippen molar-refractivity contribution < 1.29 is 27.1 Å². The van der Waals surface area contributed by atoms with E-state index in [0.717, 1.165) is 4.31 Å². The first kappa shape index (κ1) is 24.0. The molecule has 2 heterocycles. The molecule has 2 N–H and O–H groups in total. The number of aromatic nitrogens is 1. The minimum Gasteiger partial charge on any atom is -0.453 e. The number of pyridine rings is 1. The number of hydrogen-bond donors (Lipinski definition) is 2. The summed E-state index contributed by atoms with van der Waals surface area (Å²) in [5, 5.41) is 5.16. The quantitative estimate of drug-likeness (QED) is 0.486. The molecule has 1 aromatic heterocycles. The number of nitrogens with zero attached hydrogens (tertiary/aromatic N) is 2. The monoisotopic (exact) mass is 496 g/mol. The number of piperazine rings is 1. The number of carbonyl (C=O) groups is 2. The predicted molar refractivity (Wildman–Crippen MR) is 127 cm³/mol. The van der Waals surface area contributed by atoms with Gasteiger partial charge in [0.15, 0.2) is 11.6 Å². The summed E-state index contributed by atoms with van der Waals surface area (Å²) in [6, 6.07) is 13.3. The van der Waals surface area contributed by atoms with E-state index in [0.29, 0.717) is 11.3 Å². The number of hydrogen-bond acceptors (Lipinski definition) is 6. The maximum atomic E-state index is 14.4. The fourth-order valence-electron chi connectivity index (χ4n) is 3.30. The molecule has 2 amide bonds. The van der Waals surface area contributed by atoms with Crippen LogP contribution in [0.2, 0.25) is 0 Å². The van der Waals surface area contributed by atoms with Gasteiger partial charge in [0.1, 0.15) is 5.75 Å². The Morgan fingerprint density at radius 1 is 1.17 bits per heavy atom. The topological polar surface area (TPSA) is 118 Å². The summed E-state index contributed by atoms with van der Waals surface area (Å²) in [6.07, 6.45) is 5.65. The van der Waals surface area contributed by atoms with Crippen molar-refractivity contribution in [2.75, 3.05) is 25.0 Å². The predicted octanol–water partition coefficient (Wildman–Crippen LogP) is 2.79. The number of sulfonamides is 1. The molecule has 9 nitrogen and oxygen atoms in total. The van der Waals surface area contributed by atoms with Crippen LogP contribution in [0.1, 0.15) is 5.56 Å². The highest BCUT2D eigenvalue weighted by molar-refractivity contribution is 7.89. The summed E-state index contributed by atoms with van der Waals surface area (Å²) in [5.41, 5.74) is 0.685. The summed E-state index contributed by atoms with van der Waals surface area (Å²) < 4.78 is 46.6. The molecule has 4 rings (SSSR count). The van der Waals surface area contributed by atoms with Crippen molar-refractivity contribution in [2.45, 2.75) is 4.90 Å². The van der Waals surface area contributed by atoms with Crippen LogP contribution < -0.4 is 15.4 Å². The zero-order chi connectivity index (χ0) is 24.8. The van der Waals surface area contributed by atoms with Gasteiger partial charge in [0.2, 0.25) is 21.8 Å². The van der Waals surface area contributed by atoms with E-state index in [1.54, 1.807) is 24.4 Å². The molecule has 1 saturated heterocycles. The molecule has 11 heteroatoms. The Morgan fingerprint density at radius 2 is 2.03 bits per heavy atom. The summed E-state index contributed by atoms with van der Waals surface area (Å²) in [7, 11) is -3.89. The van der Waals surface area contributed by atoms with Crippen LogP contribution in [0, 0.1) is 5.82 Å². The molecular formula is C24H21FN4O5S. The van der Waals surface area contributed by atoms with E-state index >= 15 is 0 Å². The third kappa shape index (κ3) is 6.08. The van der Waals surface area contributed by atoms with Gasteiger partial charge in [0.25, 0.3) is 0 Å². The lowest BCUT2D eigenvalue weighted by atomic mass is 10.2. The van der Waals surface area contributed by atoms with Gasteiger partial charge in [-0.05, 0) is 54.1 Å². The Balaban J connectivity index is 1.41. The average Bonchev–Trinajstić information content (AvgIpc) is 2.85. The molecule has 0 aliphatic carbocycles. The van der Waals surface area contributed by atoms with Crippen molar-refractivity contribution in [1.29, 1.82) is 0 Å². The normalized spacial score (nSPS) is 14.5. The second-order valence-electron chi connectivity index (χ2n) is 7.52. The number of rotatable bonds is 7. The first-order valence-electron chi connectivity index (χ1n) is 10.5. The Morgan fingerprint density at radius 3 is 2.77 bits per heavy atom. The summed E-state index contributed by atoms with van der Waals surface area (Å²) >= 11 is 0. The molecule has 180 valence electrons. The third-order valence-electron chi connectivity index (χ3n) is 4.99. The highest BCUT2D eigenvalue weighted by atomic mass is 32.2. The fraction of sp³-hybridized carbons (Fsp3) is 0.125. The van der Waals surface area contributed by atoms with Gasteiger partial charge in [-0.1, -0.05) is 12.1 Å². The lowest BCUT2D eigenvalue weighted by Gasteiger charge is -2.26. The van der Waals surface area contributed by atoms with Crippen LogP contribution in [0.25, 0.3) is 6.08 Å². The third-order valence-corrected chi connectivity index (χ3v) is 6.83. The number of carbonyl (C=O) groups excluding carboxylic acids is 2. The van der Waals surface area contributed by atoms with Crippen molar-refractivity contribution >= 4 is 33.6 Å². The molecule has 0 unspecified atom stereocenters. The van der Waals surface area contributed by atoms with Gasteiger partial charge in [0, 0.05) is 31.0 Å². The zero-order valence-corrected chi connectivity index (χ0v) is 19.2. The number of anilines is 1. The SMILES string of the molecule is O=C(/C=C/c1ccc(Oc2cccnc2)c(F)c1)Nc1cccc(S(=O)(=O)N2CCNC(=O)C2)c1. The van der Waals surface area contributed by atoms with Gasteiger partial charge in [-0.25, -0.2) is 12.8 Å². The van der Waals surface area contributed by atoms with E-state index in [1.807, 2.05) is 0 Å². The minimum atomic E-state index is -3.89. The van der Waals surface area contributed by atoms with Crippen LogP contribution >= 0.6 is 0 Å². The van der Waals surface area contributed by atoms with Crippen molar-refractivity contribution in [3.63, 3.8) is 0 Å². The maximum absolute atomic E-state index is 14.4. The molecule has 1 fully saturated rings. The number of benzene rings is 2. The molecule has 2 aromatic carbocycles. The molecule has 35 heavy (non-hydrogen) atoms. The first-order chi connectivity index (χ1) is 16.8. The van der Waals surface area contributed by atoms with E-state index in [1.165, 1.54) is 54.7 Å². The van der Waals surface area contributed by atoms with E-state index < -0.39 is 21.7 Å². The lowest BCUT2D eigenvalue weighted by Crippen LogP contribution is -2.49. The second-order valence-corrected chi connectivity index (χ2v) is 9.46. The molecule has 1 aliphatic heterocycles. The first-order valence-corrected chi connectivity index (χ1v) is 12.0. The van der Waals surface area contributed by atoms with Crippen LogP contribution in [-0.2, 0) is 19.6 Å². The van der Waals surface area contributed by atoms with E-state index in [2.05, 4.69) is 15.6 Å². The van der Waals surface area contributed by atoms with Gasteiger partial charge >= 0.3 is 0 Å². The van der Waals surface area contributed by atoms with Gasteiger partial charge in [-0.3, -0.25) is 14.6 Å². The Hall–Kier alpha value is -4.09. The molecule has 0 atom stereocenters. The van der Waals surface area contributed by atoms with Crippen LogP contribution in [0.15, 0.2) is 78.0 Å². The van der Waals surface area contributed by atoms with Gasteiger partial charge < -0.3 is 15.4 Å². The van der Waals surface area contributed by atoms with Gasteiger partial charge in [-0.15, -0.1) is 0 Å². The molecule has 0 bridgehead atoms. The van der Waals surface area contributed by atoms with E-state index in [9.17, 15) is 22.4 Å². The fourth-order valence-corrected chi connectivity index (χ4v) is 4.74. The Bertz CT molecular complexity index is 1380. The van der Waals surface area contributed by atoms with Crippen molar-refractivity contribution in [3.05, 3.63) is 84.4 Å². The highest BCUT2D eigenvalue weighted by Gasteiger charge is 2.29. The standard InChI is InChI=1S/C24H21FN4O5S/c25-21-13-17(6-8-22(21)34-19-4-2-10-26-15-19)7-9-23(30)28-18-3-1-5-20(14-18)35(32,33)29-12-11-27-24(31)16-29/h1-10,13-15H,11-12,16H2,(H,27,31)(H,28,30)/b9-7+. The number of halogens is 1. The van der Waals surface area contributed by atoms with Crippen molar-refractivity contribution in [3.8, 4) is 11.5 Å². The summed E-state index contributed by atoms with van der Waals surface area (Å²) in [6.45, 7) is 0.136. The largest absolute Gasteiger partial charge is 0.453 e. The molecule has 0 spiro atoms. The minimum absolute atomic E-state index is 0.0174. The molecule has 0 saturated carbocycles. The number of amides is 2. The average molecular weight is 497 g/mol.